The summed E-state index contributed by atoms with van der Waals surface area (Å²) in [7, 11) is 0. The minimum atomic E-state index is -0.163. The quantitative estimate of drug-likeness (QED) is 0.939. The topological polar surface area (TPSA) is 69.0 Å². The first kappa shape index (κ1) is 14.7. The van der Waals surface area contributed by atoms with Gasteiger partial charge >= 0.3 is 0 Å². The molecule has 0 aliphatic carbocycles. The van der Waals surface area contributed by atoms with Gasteiger partial charge in [0.15, 0.2) is 0 Å². The van der Waals surface area contributed by atoms with Gasteiger partial charge in [-0.2, -0.15) is 5.10 Å². The van der Waals surface area contributed by atoms with E-state index in [0.717, 1.165) is 17.7 Å². The van der Waals surface area contributed by atoms with Crippen LogP contribution in [-0.4, -0.2) is 38.9 Å². The maximum atomic E-state index is 12.4. The van der Waals surface area contributed by atoms with Crippen molar-refractivity contribution in [2.24, 2.45) is 0 Å². The zero-order valence-electron chi connectivity index (χ0n) is 13.0. The van der Waals surface area contributed by atoms with Gasteiger partial charge in [-0.25, -0.2) is 9.67 Å². The van der Waals surface area contributed by atoms with E-state index in [1.165, 1.54) is 6.33 Å². The number of aryl methyl sites for hydroxylation is 1. The summed E-state index contributed by atoms with van der Waals surface area (Å²) < 4.78 is 7.32. The number of hydrogen-bond donors (Lipinski definition) is 1. The number of amides is 1. The van der Waals surface area contributed by atoms with Gasteiger partial charge in [0.05, 0.1) is 23.9 Å². The highest BCUT2D eigenvalue weighted by molar-refractivity contribution is 5.96. The molecule has 0 radical (unpaired) electrons. The van der Waals surface area contributed by atoms with E-state index >= 15 is 0 Å². The highest BCUT2D eigenvalue weighted by atomic mass is 16.5. The first-order chi connectivity index (χ1) is 10.4. The van der Waals surface area contributed by atoms with Gasteiger partial charge in [0.1, 0.15) is 12.7 Å². The Morgan fingerprint density at radius 3 is 2.86 bits per heavy atom. The SMILES string of the molecule is Cc1cc(-n2cncn2)ccc1C(=O)NC1COC(C)(C)C1. The minimum Gasteiger partial charge on any atom is -0.373 e. The summed E-state index contributed by atoms with van der Waals surface area (Å²) in [6.45, 7) is 6.56. The van der Waals surface area contributed by atoms with Crippen LogP contribution in [0.25, 0.3) is 5.69 Å². The number of nitrogens with one attached hydrogen (secondary N) is 1. The normalized spacial score (nSPS) is 20.0. The van der Waals surface area contributed by atoms with Crippen molar-refractivity contribution in [1.82, 2.24) is 20.1 Å². The molecule has 1 fully saturated rings. The Balaban J connectivity index is 1.73. The zero-order chi connectivity index (χ0) is 15.7. The standard InChI is InChI=1S/C16H20N4O2/c1-11-6-13(20-10-17-9-18-20)4-5-14(11)15(21)19-12-7-16(2,3)22-8-12/h4-6,9-10,12H,7-8H2,1-3H3,(H,19,21). The van der Waals surface area contributed by atoms with Crippen molar-refractivity contribution in [2.45, 2.75) is 38.8 Å². The lowest BCUT2D eigenvalue weighted by atomic mass is 10.0. The highest BCUT2D eigenvalue weighted by Crippen LogP contribution is 2.24. The van der Waals surface area contributed by atoms with Crippen molar-refractivity contribution in [2.75, 3.05) is 6.61 Å². The molecule has 1 amide bonds. The van der Waals surface area contributed by atoms with Crippen LogP contribution in [0.3, 0.4) is 0 Å². The molecule has 1 aliphatic rings. The molecule has 1 unspecified atom stereocenters. The Morgan fingerprint density at radius 1 is 1.45 bits per heavy atom. The van der Waals surface area contributed by atoms with E-state index < -0.39 is 0 Å². The highest BCUT2D eigenvalue weighted by Gasteiger charge is 2.32. The van der Waals surface area contributed by atoms with Crippen LogP contribution in [0.2, 0.25) is 0 Å². The smallest absolute Gasteiger partial charge is 0.251 e. The number of ether oxygens (including phenoxy) is 1. The fourth-order valence-electron chi connectivity index (χ4n) is 2.78. The van der Waals surface area contributed by atoms with Crippen molar-refractivity contribution in [1.29, 1.82) is 0 Å². The summed E-state index contributed by atoms with van der Waals surface area (Å²) >= 11 is 0. The van der Waals surface area contributed by atoms with Crippen molar-refractivity contribution in [3.8, 4) is 5.69 Å². The van der Waals surface area contributed by atoms with E-state index in [0.29, 0.717) is 12.2 Å². The maximum Gasteiger partial charge on any atom is 0.251 e. The second kappa shape index (κ2) is 5.53. The lowest BCUT2D eigenvalue weighted by Gasteiger charge is -2.16. The molecule has 116 valence electrons. The van der Waals surface area contributed by atoms with Gasteiger partial charge < -0.3 is 10.1 Å². The molecule has 0 bridgehead atoms. The van der Waals surface area contributed by atoms with Crippen LogP contribution in [0, 0.1) is 6.92 Å². The second-order valence-corrected chi connectivity index (χ2v) is 6.28. The largest absolute Gasteiger partial charge is 0.373 e. The van der Waals surface area contributed by atoms with Gasteiger partial charge in [-0.05, 0) is 51.0 Å². The third-order valence-corrected chi connectivity index (χ3v) is 3.89. The second-order valence-electron chi connectivity index (χ2n) is 6.28. The summed E-state index contributed by atoms with van der Waals surface area (Å²) in [5, 5.41) is 7.14. The van der Waals surface area contributed by atoms with Crippen LogP contribution in [-0.2, 0) is 4.74 Å². The van der Waals surface area contributed by atoms with E-state index in [-0.39, 0.29) is 17.6 Å². The van der Waals surface area contributed by atoms with E-state index in [9.17, 15) is 4.79 Å². The molecule has 2 aromatic rings. The van der Waals surface area contributed by atoms with Crippen molar-refractivity contribution >= 4 is 5.91 Å². The van der Waals surface area contributed by atoms with Crippen molar-refractivity contribution < 1.29 is 9.53 Å². The summed E-state index contributed by atoms with van der Waals surface area (Å²) in [5.74, 6) is -0.0612. The van der Waals surface area contributed by atoms with Gasteiger partial charge in [0.2, 0.25) is 0 Å². The molecule has 0 spiro atoms. The van der Waals surface area contributed by atoms with E-state index in [1.54, 1.807) is 11.0 Å². The lowest BCUT2D eigenvalue weighted by Crippen LogP contribution is -2.36. The van der Waals surface area contributed by atoms with Crippen LogP contribution in [0.4, 0.5) is 0 Å². The first-order valence-corrected chi connectivity index (χ1v) is 7.35. The van der Waals surface area contributed by atoms with E-state index in [2.05, 4.69) is 15.4 Å². The number of carbonyl (C=O) groups is 1. The number of nitrogens with zero attached hydrogens (tertiary/aromatic N) is 3. The molecule has 22 heavy (non-hydrogen) atoms. The average Bonchev–Trinajstić information content (AvgIpc) is 3.08. The Bertz CT molecular complexity index is 679. The molecular formula is C16H20N4O2. The Kier molecular flexibility index (Phi) is 3.70. The molecule has 6 nitrogen and oxygen atoms in total. The van der Waals surface area contributed by atoms with Crippen LogP contribution < -0.4 is 5.32 Å². The van der Waals surface area contributed by atoms with Crippen molar-refractivity contribution in [3.63, 3.8) is 0 Å². The number of rotatable bonds is 3. The summed E-state index contributed by atoms with van der Waals surface area (Å²) in [4.78, 5) is 16.4. The van der Waals surface area contributed by atoms with Crippen LogP contribution in [0.15, 0.2) is 30.9 Å². The molecule has 3 rings (SSSR count). The Labute approximate surface area is 129 Å². The van der Waals surface area contributed by atoms with Crippen molar-refractivity contribution in [3.05, 3.63) is 42.0 Å². The molecule has 1 aromatic carbocycles. The summed E-state index contributed by atoms with van der Waals surface area (Å²) in [5.41, 5.74) is 2.30. The van der Waals surface area contributed by atoms with E-state index in [4.69, 9.17) is 4.74 Å². The molecule has 1 N–H and O–H groups in total. The van der Waals surface area contributed by atoms with Crippen LogP contribution in [0.1, 0.15) is 36.2 Å². The van der Waals surface area contributed by atoms with Gasteiger partial charge in [0.25, 0.3) is 5.91 Å². The molecule has 2 heterocycles. The van der Waals surface area contributed by atoms with Crippen LogP contribution in [0.5, 0.6) is 0 Å². The molecule has 1 saturated heterocycles. The maximum absolute atomic E-state index is 12.4. The minimum absolute atomic E-state index is 0.0612. The van der Waals surface area contributed by atoms with Crippen LogP contribution >= 0.6 is 0 Å². The number of benzene rings is 1. The first-order valence-electron chi connectivity index (χ1n) is 7.35. The van der Waals surface area contributed by atoms with Gasteiger partial charge in [0, 0.05) is 5.56 Å². The van der Waals surface area contributed by atoms with Gasteiger partial charge in [-0.15, -0.1) is 0 Å². The molecular weight excluding hydrogens is 280 g/mol. The molecule has 6 heteroatoms. The molecule has 1 atom stereocenters. The summed E-state index contributed by atoms with van der Waals surface area (Å²) in [6, 6.07) is 5.68. The zero-order valence-corrected chi connectivity index (χ0v) is 13.0. The monoisotopic (exact) mass is 300 g/mol. The third kappa shape index (κ3) is 3.01. The number of aromatic nitrogens is 3. The predicted octanol–water partition coefficient (Wildman–Crippen LogP) is 1.87. The van der Waals surface area contributed by atoms with Gasteiger partial charge in [-0.3, -0.25) is 4.79 Å². The number of carbonyl (C=O) groups excluding carboxylic acids is 1. The number of hydrogen-bond acceptors (Lipinski definition) is 4. The average molecular weight is 300 g/mol. The Morgan fingerprint density at radius 2 is 2.27 bits per heavy atom. The predicted molar refractivity (Wildman–Crippen MR) is 82.0 cm³/mol. The molecule has 1 aliphatic heterocycles. The van der Waals surface area contributed by atoms with E-state index in [1.807, 2.05) is 39.0 Å². The third-order valence-electron chi connectivity index (χ3n) is 3.89. The molecule has 0 saturated carbocycles. The lowest BCUT2D eigenvalue weighted by molar-refractivity contribution is 0.0355. The van der Waals surface area contributed by atoms with Gasteiger partial charge in [-0.1, -0.05) is 0 Å². The fourth-order valence-corrected chi connectivity index (χ4v) is 2.78. The summed E-state index contributed by atoms with van der Waals surface area (Å²) in [6.07, 6.45) is 3.94. The Hall–Kier alpha value is -2.21. The fraction of sp³-hybridized carbons (Fsp3) is 0.438. The molecule has 1 aromatic heterocycles.